The SMILES string of the molecule is CCC(Sc1nc2ccc(NC(=O)c3ccc(C)cc3)cc2s1)C(=O)Nc1ccc(Cl)cc1. The summed E-state index contributed by atoms with van der Waals surface area (Å²) in [6.45, 7) is 3.96. The molecule has 1 atom stereocenters. The number of rotatable bonds is 7. The maximum Gasteiger partial charge on any atom is 0.255 e. The third kappa shape index (κ3) is 5.93. The smallest absolute Gasteiger partial charge is 0.255 e. The zero-order valence-electron chi connectivity index (χ0n) is 18.1. The van der Waals surface area contributed by atoms with Crippen molar-refractivity contribution in [3.63, 3.8) is 0 Å². The summed E-state index contributed by atoms with van der Waals surface area (Å²) in [5, 5.41) is 6.22. The number of nitrogens with one attached hydrogen (secondary N) is 2. The highest BCUT2D eigenvalue weighted by molar-refractivity contribution is 8.02. The second-order valence-corrected chi connectivity index (χ2v) is 10.4. The van der Waals surface area contributed by atoms with Crippen LogP contribution in [0.25, 0.3) is 10.2 Å². The normalized spacial score (nSPS) is 11.8. The van der Waals surface area contributed by atoms with Crippen molar-refractivity contribution >= 4 is 68.1 Å². The van der Waals surface area contributed by atoms with E-state index in [1.54, 1.807) is 24.3 Å². The van der Waals surface area contributed by atoms with Crippen LogP contribution in [0.5, 0.6) is 0 Å². The lowest BCUT2D eigenvalue weighted by Crippen LogP contribution is -2.24. The molecule has 2 N–H and O–H groups in total. The molecular weight excluding hydrogens is 474 g/mol. The van der Waals surface area contributed by atoms with Crippen LogP contribution in [0.1, 0.15) is 29.3 Å². The zero-order chi connectivity index (χ0) is 23.4. The molecule has 3 aromatic carbocycles. The van der Waals surface area contributed by atoms with Crippen LogP contribution in [-0.4, -0.2) is 22.0 Å². The standard InChI is InChI=1S/C25H22ClN3O2S2/c1-3-21(24(31)27-18-10-8-17(26)9-11-18)32-25-29-20-13-12-19(14-22(20)33-25)28-23(30)16-6-4-15(2)5-7-16/h4-14,21H,3H2,1-2H3,(H,27,31)(H,28,30). The van der Waals surface area contributed by atoms with Gasteiger partial charge in [-0.1, -0.05) is 48.0 Å². The van der Waals surface area contributed by atoms with E-state index in [2.05, 4.69) is 15.6 Å². The van der Waals surface area contributed by atoms with Gasteiger partial charge in [0.15, 0.2) is 4.34 Å². The van der Waals surface area contributed by atoms with Crippen molar-refractivity contribution in [2.75, 3.05) is 10.6 Å². The summed E-state index contributed by atoms with van der Waals surface area (Å²) in [5.74, 6) is -0.228. The predicted molar refractivity (Wildman–Crippen MR) is 139 cm³/mol. The van der Waals surface area contributed by atoms with Crippen LogP contribution in [0, 0.1) is 6.92 Å². The molecule has 1 heterocycles. The molecular formula is C25H22ClN3O2S2. The van der Waals surface area contributed by atoms with E-state index in [9.17, 15) is 9.59 Å². The number of aromatic nitrogens is 1. The molecule has 0 aliphatic heterocycles. The van der Waals surface area contributed by atoms with Gasteiger partial charge in [0.2, 0.25) is 5.91 Å². The van der Waals surface area contributed by atoms with E-state index < -0.39 is 0 Å². The predicted octanol–water partition coefficient (Wildman–Crippen LogP) is 7.02. The number of hydrogen-bond acceptors (Lipinski definition) is 5. The Morgan fingerprint density at radius 3 is 2.39 bits per heavy atom. The summed E-state index contributed by atoms with van der Waals surface area (Å²) < 4.78 is 1.76. The first kappa shape index (κ1) is 23.3. The second kappa shape index (κ2) is 10.4. The van der Waals surface area contributed by atoms with E-state index in [4.69, 9.17) is 11.6 Å². The number of hydrogen-bond donors (Lipinski definition) is 2. The minimum Gasteiger partial charge on any atom is -0.325 e. The van der Waals surface area contributed by atoms with E-state index in [-0.39, 0.29) is 17.1 Å². The Bertz CT molecular complexity index is 1290. The summed E-state index contributed by atoms with van der Waals surface area (Å²) in [5.41, 5.74) is 3.97. The molecule has 0 radical (unpaired) electrons. The van der Waals surface area contributed by atoms with Crippen LogP contribution in [0.2, 0.25) is 5.02 Å². The highest BCUT2D eigenvalue weighted by Crippen LogP contribution is 2.35. The topological polar surface area (TPSA) is 71.1 Å². The number of nitrogens with zero attached hydrogens (tertiary/aromatic N) is 1. The van der Waals surface area contributed by atoms with Crippen LogP contribution in [0.3, 0.4) is 0 Å². The molecule has 168 valence electrons. The molecule has 0 saturated heterocycles. The lowest BCUT2D eigenvalue weighted by Gasteiger charge is -2.13. The number of fused-ring (bicyclic) bond motifs is 1. The maximum absolute atomic E-state index is 12.7. The second-order valence-electron chi connectivity index (χ2n) is 7.49. The quantitative estimate of drug-likeness (QED) is 0.270. The Balaban J connectivity index is 1.44. The van der Waals surface area contributed by atoms with Crippen LogP contribution in [0.4, 0.5) is 11.4 Å². The fourth-order valence-corrected chi connectivity index (χ4v) is 5.54. The number of benzene rings is 3. The molecule has 0 fully saturated rings. The van der Waals surface area contributed by atoms with Crippen molar-refractivity contribution in [2.45, 2.75) is 29.9 Å². The fraction of sp³-hybridized carbons (Fsp3) is 0.160. The molecule has 1 aromatic heterocycles. The van der Waals surface area contributed by atoms with E-state index in [1.165, 1.54) is 23.1 Å². The van der Waals surface area contributed by atoms with Crippen molar-refractivity contribution in [3.05, 3.63) is 82.9 Å². The van der Waals surface area contributed by atoms with Crippen LogP contribution in [0.15, 0.2) is 71.1 Å². The third-order valence-corrected chi connectivity index (χ3v) is 7.69. The van der Waals surface area contributed by atoms with Gasteiger partial charge in [-0.15, -0.1) is 11.3 Å². The Kier molecular flexibility index (Phi) is 7.33. The van der Waals surface area contributed by atoms with Gasteiger partial charge < -0.3 is 10.6 Å². The zero-order valence-corrected chi connectivity index (χ0v) is 20.5. The average molecular weight is 496 g/mol. The molecule has 4 rings (SSSR count). The van der Waals surface area contributed by atoms with Gasteiger partial charge in [-0.05, 0) is 67.9 Å². The van der Waals surface area contributed by atoms with Crippen molar-refractivity contribution in [1.29, 1.82) is 0 Å². The summed E-state index contributed by atoms with van der Waals surface area (Å²) in [6.07, 6.45) is 0.665. The first-order valence-electron chi connectivity index (χ1n) is 10.4. The average Bonchev–Trinajstić information content (AvgIpc) is 3.21. The largest absolute Gasteiger partial charge is 0.325 e. The molecule has 5 nitrogen and oxygen atoms in total. The van der Waals surface area contributed by atoms with Crippen molar-refractivity contribution < 1.29 is 9.59 Å². The molecule has 2 amide bonds. The summed E-state index contributed by atoms with van der Waals surface area (Å²) in [4.78, 5) is 29.9. The number of carbonyl (C=O) groups excluding carboxylic acids is 2. The first-order chi connectivity index (χ1) is 15.9. The molecule has 4 aromatic rings. The van der Waals surface area contributed by atoms with Crippen LogP contribution < -0.4 is 10.6 Å². The number of thioether (sulfide) groups is 1. The molecule has 0 aliphatic rings. The van der Waals surface area contributed by atoms with Gasteiger partial charge in [0.1, 0.15) is 0 Å². The number of thiazole rings is 1. The molecule has 8 heteroatoms. The van der Waals surface area contributed by atoms with E-state index in [1.807, 2.05) is 56.3 Å². The lowest BCUT2D eigenvalue weighted by atomic mass is 10.1. The molecule has 0 aliphatic carbocycles. The van der Waals surface area contributed by atoms with Gasteiger partial charge in [-0.2, -0.15) is 0 Å². The van der Waals surface area contributed by atoms with Gasteiger partial charge in [0, 0.05) is 22.0 Å². The van der Waals surface area contributed by atoms with Crippen molar-refractivity contribution in [2.24, 2.45) is 0 Å². The van der Waals surface area contributed by atoms with E-state index in [0.29, 0.717) is 28.4 Å². The molecule has 0 saturated carbocycles. The molecule has 0 spiro atoms. The number of halogens is 1. The Morgan fingerprint density at radius 1 is 1.00 bits per heavy atom. The third-order valence-electron chi connectivity index (χ3n) is 4.96. The monoisotopic (exact) mass is 495 g/mol. The molecule has 0 bridgehead atoms. The van der Waals surface area contributed by atoms with Gasteiger partial charge in [-0.3, -0.25) is 9.59 Å². The maximum atomic E-state index is 12.7. The fourth-order valence-electron chi connectivity index (χ4n) is 3.14. The number of aryl methyl sites for hydroxylation is 1. The highest BCUT2D eigenvalue weighted by atomic mass is 35.5. The number of carbonyl (C=O) groups is 2. The highest BCUT2D eigenvalue weighted by Gasteiger charge is 2.20. The number of anilines is 2. The Hall–Kier alpha value is -2.87. The number of amides is 2. The Morgan fingerprint density at radius 2 is 1.70 bits per heavy atom. The lowest BCUT2D eigenvalue weighted by molar-refractivity contribution is -0.115. The molecule has 1 unspecified atom stereocenters. The van der Waals surface area contributed by atoms with E-state index >= 15 is 0 Å². The minimum absolute atomic E-state index is 0.0740. The first-order valence-corrected chi connectivity index (χ1v) is 12.5. The van der Waals surface area contributed by atoms with Gasteiger partial charge >= 0.3 is 0 Å². The molecule has 33 heavy (non-hydrogen) atoms. The van der Waals surface area contributed by atoms with Crippen LogP contribution >= 0.6 is 34.7 Å². The van der Waals surface area contributed by atoms with Crippen molar-refractivity contribution in [1.82, 2.24) is 4.98 Å². The van der Waals surface area contributed by atoms with Crippen molar-refractivity contribution in [3.8, 4) is 0 Å². The minimum atomic E-state index is -0.276. The van der Waals surface area contributed by atoms with Gasteiger partial charge in [-0.25, -0.2) is 4.98 Å². The summed E-state index contributed by atoms with van der Waals surface area (Å²) in [6, 6.07) is 20.1. The van der Waals surface area contributed by atoms with Gasteiger partial charge in [0.05, 0.1) is 15.5 Å². The van der Waals surface area contributed by atoms with E-state index in [0.717, 1.165) is 20.1 Å². The van der Waals surface area contributed by atoms with Gasteiger partial charge in [0.25, 0.3) is 5.91 Å². The van der Waals surface area contributed by atoms with Crippen LogP contribution in [-0.2, 0) is 4.79 Å². The summed E-state index contributed by atoms with van der Waals surface area (Å²) in [7, 11) is 0. The summed E-state index contributed by atoms with van der Waals surface area (Å²) >= 11 is 8.87. The Labute approximate surface area is 205 Å².